The SMILES string of the molecule is Nc1c(-c2ccc(OC(=O)N3CCC(c4nccc(C(F)(F)F)n4)CC3)cc2)n(C2CCC2)c2cc(OC3CCOCC3)ccc12. The third kappa shape index (κ3) is 6.10. The number of ether oxygens (including phenoxy) is 3. The summed E-state index contributed by atoms with van der Waals surface area (Å²) in [5.74, 6) is 1.12. The van der Waals surface area contributed by atoms with E-state index in [4.69, 9.17) is 19.9 Å². The highest BCUT2D eigenvalue weighted by molar-refractivity contribution is 6.01. The Balaban J connectivity index is 1.04. The number of nitrogens with two attached hydrogens (primary N) is 1. The minimum absolute atomic E-state index is 0.140. The van der Waals surface area contributed by atoms with Gasteiger partial charge in [0.15, 0.2) is 0 Å². The first-order valence-corrected chi connectivity index (χ1v) is 15.9. The summed E-state index contributed by atoms with van der Waals surface area (Å²) >= 11 is 0. The van der Waals surface area contributed by atoms with Gasteiger partial charge in [0.05, 0.1) is 30.1 Å². The molecular formula is C34H36F3N5O4. The molecule has 2 saturated heterocycles. The molecule has 2 aromatic heterocycles. The molecule has 1 amide bonds. The number of benzene rings is 2. The Bertz CT molecular complexity index is 1710. The van der Waals surface area contributed by atoms with Crippen LogP contribution in [-0.2, 0) is 10.9 Å². The fourth-order valence-electron chi connectivity index (χ4n) is 6.59. The van der Waals surface area contributed by atoms with Gasteiger partial charge in [0.25, 0.3) is 0 Å². The first kappa shape index (κ1) is 30.3. The van der Waals surface area contributed by atoms with Gasteiger partial charge >= 0.3 is 12.3 Å². The van der Waals surface area contributed by atoms with E-state index in [0.29, 0.717) is 56.6 Å². The number of nitrogen functional groups attached to an aromatic ring is 1. The Hall–Kier alpha value is -4.32. The van der Waals surface area contributed by atoms with Crippen molar-refractivity contribution < 1.29 is 32.2 Å². The lowest BCUT2D eigenvalue weighted by molar-refractivity contribution is -0.141. The summed E-state index contributed by atoms with van der Waals surface area (Å²) in [6.45, 7) is 2.09. The van der Waals surface area contributed by atoms with E-state index in [2.05, 4.69) is 20.6 Å². The molecule has 0 unspecified atom stereocenters. The van der Waals surface area contributed by atoms with Gasteiger partial charge in [-0.1, -0.05) is 0 Å². The lowest BCUT2D eigenvalue weighted by atomic mass is 9.92. The number of hydrogen-bond acceptors (Lipinski definition) is 7. The lowest BCUT2D eigenvalue weighted by Crippen LogP contribution is -2.40. The zero-order valence-electron chi connectivity index (χ0n) is 25.3. The Morgan fingerprint density at radius 2 is 1.65 bits per heavy atom. The van der Waals surface area contributed by atoms with E-state index in [-0.39, 0.29) is 17.8 Å². The summed E-state index contributed by atoms with van der Waals surface area (Å²) in [6, 6.07) is 14.7. The molecule has 9 nitrogen and oxygen atoms in total. The number of halogens is 3. The molecule has 12 heteroatoms. The van der Waals surface area contributed by atoms with Crippen LogP contribution >= 0.6 is 0 Å². The van der Waals surface area contributed by atoms with E-state index in [1.54, 1.807) is 17.0 Å². The molecule has 0 atom stereocenters. The largest absolute Gasteiger partial charge is 0.490 e. The number of anilines is 1. The monoisotopic (exact) mass is 635 g/mol. The summed E-state index contributed by atoms with van der Waals surface area (Å²) in [7, 11) is 0. The number of alkyl halides is 3. The highest BCUT2D eigenvalue weighted by Crippen LogP contribution is 2.45. The maximum absolute atomic E-state index is 13.1. The molecule has 1 saturated carbocycles. The Labute approximate surface area is 264 Å². The predicted octanol–water partition coefficient (Wildman–Crippen LogP) is 7.36. The first-order valence-electron chi connectivity index (χ1n) is 15.9. The predicted molar refractivity (Wildman–Crippen MR) is 166 cm³/mol. The van der Waals surface area contributed by atoms with Crippen molar-refractivity contribution in [2.24, 2.45) is 0 Å². The van der Waals surface area contributed by atoms with Gasteiger partial charge < -0.3 is 29.4 Å². The maximum atomic E-state index is 13.1. The molecule has 46 heavy (non-hydrogen) atoms. The Kier molecular flexibility index (Phi) is 8.22. The number of nitrogens with zero attached hydrogens (tertiary/aromatic N) is 4. The fraction of sp³-hybridized carbons (Fsp3) is 0.441. The van der Waals surface area contributed by atoms with Crippen LogP contribution in [0.1, 0.15) is 68.4 Å². The zero-order valence-corrected chi connectivity index (χ0v) is 25.3. The van der Waals surface area contributed by atoms with Gasteiger partial charge in [0.2, 0.25) is 0 Å². The summed E-state index contributed by atoms with van der Waals surface area (Å²) in [4.78, 5) is 22.3. The highest BCUT2D eigenvalue weighted by atomic mass is 19.4. The fourth-order valence-corrected chi connectivity index (χ4v) is 6.59. The Morgan fingerprint density at radius 1 is 0.935 bits per heavy atom. The molecule has 0 radical (unpaired) electrons. The van der Waals surface area contributed by atoms with Crippen molar-refractivity contribution in [3.63, 3.8) is 0 Å². The molecule has 7 rings (SSSR count). The smallest absolute Gasteiger partial charge is 0.433 e. The molecule has 1 aliphatic carbocycles. The van der Waals surface area contributed by atoms with Crippen LogP contribution in [-0.4, -0.2) is 57.9 Å². The van der Waals surface area contributed by atoms with E-state index < -0.39 is 18.0 Å². The number of piperidine rings is 1. The van der Waals surface area contributed by atoms with E-state index >= 15 is 0 Å². The van der Waals surface area contributed by atoms with Crippen molar-refractivity contribution in [2.75, 3.05) is 32.0 Å². The summed E-state index contributed by atoms with van der Waals surface area (Å²) < 4.78 is 59.1. The van der Waals surface area contributed by atoms with E-state index in [0.717, 1.165) is 65.9 Å². The molecule has 2 aliphatic heterocycles. The number of aromatic nitrogens is 3. The summed E-state index contributed by atoms with van der Waals surface area (Å²) in [5.41, 5.74) is 9.46. The van der Waals surface area contributed by atoms with Crippen molar-refractivity contribution in [1.82, 2.24) is 19.4 Å². The van der Waals surface area contributed by atoms with E-state index in [1.165, 1.54) is 6.42 Å². The van der Waals surface area contributed by atoms with Gasteiger partial charge in [0, 0.05) is 61.1 Å². The highest BCUT2D eigenvalue weighted by Gasteiger charge is 2.34. The maximum Gasteiger partial charge on any atom is 0.433 e. The second-order valence-corrected chi connectivity index (χ2v) is 12.3. The van der Waals surface area contributed by atoms with E-state index in [9.17, 15) is 18.0 Å². The number of likely N-dealkylation sites (tertiary alicyclic amines) is 1. The van der Waals surface area contributed by atoms with Gasteiger partial charge in [-0.25, -0.2) is 14.8 Å². The van der Waals surface area contributed by atoms with Gasteiger partial charge in [-0.15, -0.1) is 0 Å². The van der Waals surface area contributed by atoms with Crippen LogP contribution in [0.5, 0.6) is 11.5 Å². The minimum atomic E-state index is -4.53. The molecule has 4 heterocycles. The summed E-state index contributed by atoms with van der Waals surface area (Å²) in [6.07, 6.45) is 2.21. The zero-order chi connectivity index (χ0) is 31.8. The number of carbonyl (C=O) groups excluding carboxylic acids is 1. The van der Waals surface area contributed by atoms with Crippen molar-refractivity contribution in [2.45, 2.75) is 69.2 Å². The van der Waals surface area contributed by atoms with Gasteiger partial charge in [-0.3, -0.25) is 0 Å². The standard InChI is InChI=1S/C34H36F3N5O4/c35-34(36,37)29-10-15-39-32(40-29)22-11-16-41(17-12-22)33(43)46-24-6-4-21(5-7-24)31-30(38)27-9-8-26(45-25-13-18-44-19-14-25)20-28(27)42(31)23-2-1-3-23/h4-10,15,20,22-23,25H,1-3,11-14,16-19,38H2. The number of rotatable bonds is 6. The van der Waals surface area contributed by atoms with Gasteiger partial charge in [-0.2, -0.15) is 13.2 Å². The van der Waals surface area contributed by atoms with Crippen LogP contribution in [0.15, 0.2) is 54.7 Å². The lowest BCUT2D eigenvalue weighted by Gasteiger charge is -2.31. The van der Waals surface area contributed by atoms with Crippen molar-refractivity contribution in [1.29, 1.82) is 0 Å². The molecule has 2 aromatic carbocycles. The van der Waals surface area contributed by atoms with Crippen LogP contribution in [0.3, 0.4) is 0 Å². The van der Waals surface area contributed by atoms with Gasteiger partial charge in [0.1, 0.15) is 29.1 Å². The minimum Gasteiger partial charge on any atom is -0.490 e. The number of fused-ring (bicyclic) bond motifs is 1. The van der Waals surface area contributed by atoms with Crippen LogP contribution in [0.4, 0.5) is 23.7 Å². The number of carbonyl (C=O) groups is 1. The van der Waals surface area contributed by atoms with Crippen LogP contribution in [0.2, 0.25) is 0 Å². The van der Waals surface area contributed by atoms with Crippen molar-refractivity contribution in [3.8, 4) is 22.8 Å². The average Bonchev–Trinajstić information content (AvgIpc) is 3.31. The molecule has 0 spiro atoms. The quantitative estimate of drug-likeness (QED) is 0.236. The molecule has 242 valence electrons. The molecule has 3 fully saturated rings. The molecule has 2 N–H and O–H groups in total. The first-order chi connectivity index (χ1) is 22.2. The topological polar surface area (TPSA) is 105 Å². The second-order valence-electron chi connectivity index (χ2n) is 12.3. The molecule has 3 aliphatic rings. The number of amides is 1. The average molecular weight is 636 g/mol. The third-order valence-corrected chi connectivity index (χ3v) is 9.34. The molecular weight excluding hydrogens is 599 g/mol. The third-order valence-electron chi connectivity index (χ3n) is 9.34. The van der Waals surface area contributed by atoms with Crippen LogP contribution in [0, 0.1) is 0 Å². The summed E-state index contributed by atoms with van der Waals surface area (Å²) in [5, 5.41) is 0.982. The van der Waals surface area contributed by atoms with Crippen LogP contribution in [0.25, 0.3) is 22.2 Å². The van der Waals surface area contributed by atoms with E-state index in [1.807, 2.05) is 24.3 Å². The molecule has 4 aromatic rings. The second kappa shape index (κ2) is 12.5. The number of hydrogen-bond donors (Lipinski definition) is 1. The normalized spacial score (nSPS) is 18.5. The van der Waals surface area contributed by atoms with Crippen molar-refractivity contribution in [3.05, 3.63) is 66.2 Å². The molecule has 0 bridgehead atoms. The van der Waals surface area contributed by atoms with Crippen molar-refractivity contribution >= 4 is 22.7 Å². The van der Waals surface area contributed by atoms with Gasteiger partial charge in [-0.05, 0) is 74.6 Å². The van der Waals surface area contributed by atoms with Crippen LogP contribution < -0.4 is 15.2 Å². The Morgan fingerprint density at radius 3 is 2.33 bits per heavy atom.